The van der Waals surface area contributed by atoms with E-state index in [1.165, 1.54) is 35.5 Å². The molecule has 0 aromatic heterocycles. The van der Waals surface area contributed by atoms with Crippen molar-refractivity contribution >= 4 is 33.2 Å². The fourth-order valence-electron chi connectivity index (χ4n) is 2.61. The lowest BCUT2D eigenvalue weighted by Crippen LogP contribution is -2.30. The first-order valence-corrected chi connectivity index (χ1v) is 10.6. The summed E-state index contributed by atoms with van der Waals surface area (Å²) in [6.45, 7) is 5.54. The molecule has 0 aliphatic carbocycles. The van der Waals surface area contributed by atoms with Gasteiger partial charge in [-0.05, 0) is 48.5 Å². The topological polar surface area (TPSA) is 105 Å². The Labute approximate surface area is 170 Å². The lowest BCUT2D eigenvalue weighted by molar-refractivity contribution is -0.118. The second-order valence-corrected chi connectivity index (χ2v) is 8.09. The maximum Gasteiger partial charge on any atom is 0.262 e. The van der Waals surface area contributed by atoms with Gasteiger partial charge >= 0.3 is 0 Å². The Hall–Kier alpha value is -2.91. The van der Waals surface area contributed by atoms with Crippen LogP contribution in [-0.4, -0.2) is 44.2 Å². The molecule has 2 amide bonds. The Balaban J connectivity index is 1.91. The van der Waals surface area contributed by atoms with Crippen LogP contribution in [0.3, 0.4) is 0 Å². The molecule has 2 aromatic carbocycles. The predicted molar refractivity (Wildman–Crippen MR) is 111 cm³/mol. The fraction of sp³-hybridized carbons (Fsp3) is 0.300. The summed E-state index contributed by atoms with van der Waals surface area (Å²) in [4.78, 5) is 23.2. The molecule has 0 saturated carbocycles. The number of benzene rings is 2. The Morgan fingerprint density at radius 3 is 1.90 bits per heavy atom. The average molecular weight is 420 g/mol. The van der Waals surface area contributed by atoms with Crippen molar-refractivity contribution in [3.05, 3.63) is 48.5 Å². The van der Waals surface area contributed by atoms with Crippen molar-refractivity contribution in [2.75, 3.05) is 30.3 Å². The van der Waals surface area contributed by atoms with Gasteiger partial charge in [0.1, 0.15) is 5.75 Å². The van der Waals surface area contributed by atoms with E-state index in [0.717, 1.165) is 0 Å². The largest absolute Gasteiger partial charge is 0.484 e. The van der Waals surface area contributed by atoms with E-state index in [4.69, 9.17) is 4.74 Å². The molecule has 0 aliphatic heterocycles. The Morgan fingerprint density at radius 2 is 1.41 bits per heavy atom. The van der Waals surface area contributed by atoms with Crippen molar-refractivity contribution in [2.45, 2.75) is 25.7 Å². The molecule has 2 rings (SSSR count). The van der Waals surface area contributed by atoms with Gasteiger partial charge in [-0.3, -0.25) is 9.59 Å². The minimum Gasteiger partial charge on any atom is -0.484 e. The van der Waals surface area contributed by atoms with Crippen LogP contribution in [0.1, 0.15) is 20.8 Å². The van der Waals surface area contributed by atoms with Crippen molar-refractivity contribution in [2.24, 2.45) is 0 Å². The molecule has 0 radical (unpaired) electrons. The van der Waals surface area contributed by atoms with E-state index in [9.17, 15) is 18.0 Å². The van der Waals surface area contributed by atoms with E-state index in [1.54, 1.807) is 38.1 Å². The van der Waals surface area contributed by atoms with Gasteiger partial charge in [-0.25, -0.2) is 8.42 Å². The molecule has 156 valence electrons. The van der Waals surface area contributed by atoms with Crippen LogP contribution in [-0.2, 0) is 19.6 Å². The molecule has 0 atom stereocenters. The minimum absolute atomic E-state index is 0.175. The summed E-state index contributed by atoms with van der Waals surface area (Å²) in [5, 5.41) is 5.32. The summed E-state index contributed by atoms with van der Waals surface area (Å²) in [5.41, 5.74) is 1.19. The highest BCUT2D eigenvalue weighted by Crippen LogP contribution is 2.19. The van der Waals surface area contributed by atoms with Gasteiger partial charge < -0.3 is 15.4 Å². The quantitative estimate of drug-likeness (QED) is 0.650. The van der Waals surface area contributed by atoms with Crippen LogP contribution in [0.4, 0.5) is 11.4 Å². The summed E-state index contributed by atoms with van der Waals surface area (Å²) in [5.74, 6) is -0.150. The van der Waals surface area contributed by atoms with Gasteiger partial charge in [0.2, 0.25) is 15.9 Å². The number of ether oxygens (including phenoxy) is 1. The standard InChI is InChI=1S/C20H25N3O5S/c1-4-23(5-2)29(26,27)19-12-10-18(11-13-19)28-14-20(25)22-17-8-6-16(7-9-17)21-15(3)24/h6-13H,4-5,14H2,1-3H3,(H,21,24)(H,22,25). The Bertz CT molecular complexity index is 937. The highest BCUT2D eigenvalue weighted by molar-refractivity contribution is 7.89. The van der Waals surface area contributed by atoms with Crippen LogP contribution in [0, 0.1) is 0 Å². The molecule has 0 unspecified atom stereocenters. The zero-order valence-electron chi connectivity index (χ0n) is 16.6. The summed E-state index contributed by atoms with van der Waals surface area (Å²) >= 11 is 0. The van der Waals surface area contributed by atoms with Crippen molar-refractivity contribution < 1.29 is 22.7 Å². The molecular formula is C20H25N3O5S. The number of hydrogen-bond acceptors (Lipinski definition) is 5. The zero-order chi connectivity index (χ0) is 21.4. The highest BCUT2D eigenvalue weighted by atomic mass is 32.2. The van der Waals surface area contributed by atoms with Gasteiger partial charge in [-0.2, -0.15) is 4.31 Å². The number of carbonyl (C=O) groups excluding carboxylic acids is 2. The molecule has 29 heavy (non-hydrogen) atoms. The third-order valence-corrected chi connectivity index (χ3v) is 6.09. The predicted octanol–water partition coefficient (Wildman–Crippen LogP) is 2.69. The van der Waals surface area contributed by atoms with Crippen molar-refractivity contribution in [1.82, 2.24) is 4.31 Å². The molecule has 0 spiro atoms. The molecule has 0 aliphatic rings. The maximum absolute atomic E-state index is 12.5. The van der Waals surface area contributed by atoms with Crippen molar-refractivity contribution in [1.29, 1.82) is 0 Å². The third-order valence-electron chi connectivity index (χ3n) is 4.03. The van der Waals surface area contributed by atoms with E-state index in [2.05, 4.69) is 10.6 Å². The number of nitrogens with one attached hydrogen (secondary N) is 2. The van der Waals surface area contributed by atoms with Crippen LogP contribution >= 0.6 is 0 Å². The molecule has 2 N–H and O–H groups in total. The van der Waals surface area contributed by atoms with Crippen molar-refractivity contribution in [3.63, 3.8) is 0 Å². The smallest absolute Gasteiger partial charge is 0.262 e. The maximum atomic E-state index is 12.5. The van der Waals surface area contributed by atoms with E-state index in [0.29, 0.717) is 30.2 Å². The van der Waals surface area contributed by atoms with Crippen molar-refractivity contribution in [3.8, 4) is 5.75 Å². The molecule has 0 saturated heterocycles. The van der Waals surface area contributed by atoms with Crippen LogP contribution in [0.2, 0.25) is 0 Å². The monoisotopic (exact) mass is 419 g/mol. The fourth-order valence-corrected chi connectivity index (χ4v) is 4.06. The Kier molecular flexibility index (Phi) is 7.74. The lowest BCUT2D eigenvalue weighted by Gasteiger charge is -2.18. The van der Waals surface area contributed by atoms with Crippen LogP contribution in [0.15, 0.2) is 53.4 Å². The minimum atomic E-state index is -3.53. The van der Waals surface area contributed by atoms with Gasteiger partial charge in [0.15, 0.2) is 6.61 Å². The van der Waals surface area contributed by atoms with E-state index >= 15 is 0 Å². The highest BCUT2D eigenvalue weighted by Gasteiger charge is 2.21. The SMILES string of the molecule is CCN(CC)S(=O)(=O)c1ccc(OCC(=O)Nc2ccc(NC(C)=O)cc2)cc1. The van der Waals surface area contributed by atoms with Crippen LogP contribution in [0.5, 0.6) is 5.75 Å². The summed E-state index contributed by atoms with van der Waals surface area (Å²) in [7, 11) is -3.53. The second kappa shape index (κ2) is 10.0. The number of rotatable bonds is 9. The van der Waals surface area contributed by atoms with E-state index in [-0.39, 0.29) is 23.3 Å². The van der Waals surface area contributed by atoms with Crippen LogP contribution in [0.25, 0.3) is 0 Å². The summed E-state index contributed by atoms with van der Waals surface area (Å²) in [6.07, 6.45) is 0. The number of amides is 2. The first-order chi connectivity index (χ1) is 13.8. The van der Waals surface area contributed by atoms with Gasteiger partial charge in [0.05, 0.1) is 4.90 Å². The van der Waals surface area contributed by atoms with E-state index < -0.39 is 10.0 Å². The van der Waals surface area contributed by atoms with E-state index in [1.807, 2.05) is 0 Å². The van der Waals surface area contributed by atoms with Gasteiger partial charge in [0, 0.05) is 31.4 Å². The molecule has 0 bridgehead atoms. The molecule has 2 aromatic rings. The van der Waals surface area contributed by atoms with Gasteiger partial charge in [-0.15, -0.1) is 0 Å². The summed E-state index contributed by atoms with van der Waals surface area (Å²) in [6, 6.07) is 12.6. The molecule has 0 fully saturated rings. The summed E-state index contributed by atoms with van der Waals surface area (Å²) < 4.78 is 31.7. The van der Waals surface area contributed by atoms with Crippen LogP contribution < -0.4 is 15.4 Å². The van der Waals surface area contributed by atoms with Gasteiger partial charge in [0.25, 0.3) is 5.91 Å². The second-order valence-electron chi connectivity index (χ2n) is 6.16. The third kappa shape index (κ3) is 6.30. The number of hydrogen-bond donors (Lipinski definition) is 2. The Morgan fingerprint density at radius 1 is 0.897 bits per heavy atom. The number of nitrogens with zero attached hydrogens (tertiary/aromatic N) is 1. The zero-order valence-corrected chi connectivity index (χ0v) is 17.5. The number of anilines is 2. The molecule has 8 nitrogen and oxygen atoms in total. The lowest BCUT2D eigenvalue weighted by atomic mass is 10.2. The molecule has 0 heterocycles. The average Bonchev–Trinajstić information content (AvgIpc) is 2.68. The normalized spacial score (nSPS) is 11.2. The molecular weight excluding hydrogens is 394 g/mol. The number of carbonyl (C=O) groups is 2. The first kappa shape index (κ1) is 22.4. The first-order valence-electron chi connectivity index (χ1n) is 9.16. The molecule has 9 heteroatoms. The number of sulfonamides is 1. The van der Waals surface area contributed by atoms with Gasteiger partial charge in [-0.1, -0.05) is 13.8 Å².